The molecule has 0 bridgehead atoms. The summed E-state index contributed by atoms with van der Waals surface area (Å²) in [7, 11) is 1.49. The summed E-state index contributed by atoms with van der Waals surface area (Å²) in [5.74, 6) is -0.00546. The summed E-state index contributed by atoms with van der Waals surface area (Å²) in [6.07, 6.45) is 0. The zero-order valence-corrected chi connectivity index (χ0v) is 12.0. The van der Waals surface area contributed by atoms with Gasteiger partial charge in [0.25, 0.3) is 0 Å². The maximum atomic E-state index is 13.1. The van der Waals surface area contributed by atoms with E-state index in [1.807, 2.05) is 11.4 Å². The zero-order valence-electron chi connectivity index (χ0n) is 11.2. The van der Waals surface area contributed by atoms with E-state index in [0.29, 0.717) is 18.0 Å². The highest BCUT2D eigenvalue weighted by Gasteiger charge is 2.08. The number of ether oxygens (including phenoxy) is 1. The van der Waals surface area contributed by atoms with Crippen molar-refractivity contribution in [3.63, 3.8) is 0 Å². The van der Waals surface area contributed by atoms with Gasteiger partial charge in [0.1, 0.15) is 11.6 Å². The molecule has 2 N–H and O–H groups in total. The second-order valence-electron chi connectivity index (χ2n) is 4.14. The lowest BCUT2D eigenvalue weighted by Crippen LogP contribution is -2.08. The minimum absolute atomic E-state index is 0.107. The van der Waals surface area contributed by atoms with Gasteiger partial charge in [-0.15, -0.1) is 11.3 Å². The standard InChI is InChI=1S/C14H15FN2O2S/c1-9(18)17-12-5-6-20-14(12)8-16-11-4-3-10(15)7-13(11)19-2/h3-7,16H,8H2,1-2H3,(H,17,18). The van der Waals surface area contributed by atoms with Gasteiger partial charge in [-0.2, -0.15) is 0 Å². The van der Waals surface area contributed by atoms with Crippen LogP contribution in [0.3, 0.4) is 0 Å². The molecule has 106 valence electrons. The average Bonchev–Trinajstić information content (AvgIpc) is 2.83. The molecule has 0 unspecified atom stereocenters. The molecule has 20 heavy (non-hydrogen) atoms. The Labute approximate surface area is 120 Å². The quantitative estimate of drug-likeness (QED) is 0.888. The zero-order chi connectivity index (χ0) is 14.5. The maximum absolute atomic E-state index is 13.1. The van der Waals surface area contributed by atoms with Gasteiger partial charge in [0.15, 0.2) is 0 Å². The van der Waals surface area contributed by atoms with E-state index in [9.17, 15) is 9.18 Å². The van der Waals surface area contributed by atoms with Crippen LogP contribution in [0.4, 0.5) is 15.8 Å². The molecule has 2 rings (SSSR count). The third-order valence-corrected chi connectivity index (χ3v) is 3.58. The van der Waals surface area contributed by atoms with E-state index in [-0.39, 0.29) is 11.7 Å². The number of carbonyl (C=O) groups is 1. The predicted octanol–water partition coefficient (Wildman–Crippen LogP) is 3.47. The highest BCUT2D eigenvalue weighted by atomic mass is 32.1. The molecular weight excluding hydrogens is 279 g/mol. The monoisotopic (exact) mass is 294 g/mol. The molecule has 0 saturated carbocycles. The van der Waals surface area contributed by atoms with Crippen molar-refractivity contribution in [2.45, 2.75) is 13.5 Å². The second-order valence-corrected chi connectivity index (χ2v) is 5.14. The van der Waals surface area contributed by atoms with Gasteiger partial charge in [0.05, 0.1) is 25.0 Å². The molecule has 0 radical (unpaired) electrons. The molecule has 0 spiro atoms. The number of rotatable bonds is 5. The van der Waals surface area contributed by atoms with Crippen LogP contribution in [0.2, 0.25) is 0 Å². The molecule has 0 fully saturated rings. The lowest BCUT2D eigenvalue weighted by molar-refractivity contribution is -0.114. The minimum atomic E-state index is -0.345. The third-order valence-electron chi connectivity index (χ3n) is 2.66. The van der Waals surface area contributed by atoms with Crippen LogP contribution in [0.5, 0.6) is 5.75 Å². The Bertz CT molecular complexity index is 613. The molecule has 1 aromatic heterocycles. The van der Waals surface area contributed by atoms with Crippen LogP contribution in [0.15, 0.2) is 29.6 Å². The summed E-state index contributed by atoms with van der Waals surface area (Å²) in [5, 5.41) is 7.85. The fourth-order valence-corrected chi connectivity index (χ4v) is 2.54. The van der Waals surface area contributed by atoms with Gasteiger partial charge >= 0.3 is 0 Å². The van der Waals surface area contributed by atoms with Crippen molar-refractivity contribution in [3.05, 3.63) is 40.3 Å². The number of thiophene rings is 1. The number of nitrogens with one attached hydrogen (secondary N) is 2. The maximum Gasteiger partial charge on any atom is 0.221 e. The van der Waals surface area contributed by atoms with Gasteiger partial charge in [-0.05, 0) is 23.6 Å². The van der Waals surface area contributed by atoms with Crippen molar-refractivity contribution in [2.24, 2.45) is 0 Å². The van der Waals surface area contributed by atoms with Gasteiger partial charge < -0.3 is 15.4 Å². The molecule has 0 atom stereocenters. The smallest absolute Gasteiger partial charge is 0.221 e. The molecule has 0 aliphatic carbocycles. The summed E-state index contributed by atoms with van der Waals surface area (Å²) in [5.41, 5.74) is 1.49. The normalized spacial score (nSPS) is 10.2. The van der Waals surface area contributed by atoms with E-state index < -0.39 is 0 Å². The molecule has 6 heteroatoms. The molecule has 0 aliphatic rings. The Balaban J connectivity index is 2.09. The first-order valence-electron chi connectivity index (χ1n) is 6.01. The van der Waals surface area contributed by atoms with Crippen LogP contribution in [-0.4, -0.2) is 13.0 Å². The topological polar surface area (TPSA) is 50.4 Å². The first-order chi connectivity index (χ1) is 9.60. The molecule has 4 nitrogen and oxygen atoms in total. The molecular formula is C14H15FN2O2S. The fourth-order valence-electron chi connectivity index (χ4n) is 1.77. The fraction of sp³-hybridized carbons (Fsp3) is 0.214. The number of carbonyl (C=O) groups excluding carboxylic acids is 1. The van der Waals surface area contributed by atoms with Gasteiger partial charge in [-0.1, -0.05) is 0 Å². The second kappa shape index (κ2) is 6.38. The number of halogens is 1. The van der Waals surface area contributed by atoms with E-state index in [1.165, 1.54) is 37.5 Å². The largest absolute Gasteiger partial charge is 0.494 e. The van der Waals surface area contributed by atoms with E-state index in [4.69, 9.17) is 4.74 Å². The lowest BCUT2D eigenvalue weighted by Gasteiger charge is -2.11. The number of hydrogen-bond donors (Lipinski definition) is 2. The van der Waals surface area contributed by atoms with E-state index in [2.05, 4.69) is 10.6 Å². The van der Waals surface area contributed by atoms with Crippen molar-refractivity contribution in [2.75, 3.05) is 17.7 Å². The van der Waals surface area contributed by atoms with Gasteiger partial charge in [0, 0.05) is 17.9 Å². The van der Waals surface area contributed by atoms with Crippen molar-refractivity contribution in [1.82, 2.24) is 0 Å². The highest BCUT2D eigenvalue weighted by Crippen LogP contribution is 2.28. The van der Waals surface area contributed by atoms with Crippen LogP contribution >= 0.6 is 11.3 Å². The van der Waals surface area contributed by atoms with Crippen LogP contribution in [0.1, 0.15) is 11.8 Å². The van der Waals surface area contributed by atoms with Crippen LogP contribution in [0.25, 0.3) is 0 Å². The SMILES string of the molecule is COc1cc(F)ccc1NCc1sccc1NC(C)=O. The Morgan fingerprint density at radius 3 is 2.85 bits per heavy atom. The Morgan fingerprint density at radius 1 is 1.35 bits per heavy atom. The first kappa shape index (κ1) is 14.3. The average molecular weight is 294 g/mol. The van der Waals surface area contributed by atoms with Gasteiger partial charge in [-0.3, -0.25) is 4.79 Å². The minimum Gasteiger partial charge on any atom is -0.494 e. The van der Waals surface area contributed by atoms with Gasteiger partial charge in [-0.25, -0.2) is 4.39 Å². The van der Waals surface area contributed by atoms with Crippen LogP contribution in [0, 0.1) is 5.82 Å². The Morgan fingerprint density at radius 2 is 2.15 bits per heavy atom. The van der Waals surface area contributed by atoms with Crippen molar-refractivity contribution >= 4 is 28.6 Å². The Kier molecular flexibility index (Phi) is 4.57. The third kappa shape index (κ3) is 3.48. The van der Waals surface area contributed by atoms with Crippen molar-refractivity contribution < 1.29 is 13.9 Å². The predicted molar refractivity (Wildman–Crippen MR) is 78.9 cm³/mol. The number of amides is 1. The molecule has 0 aliphatic heterocycles. The summed E-state index contributed by atoms with van der Waals surface area (Å²) in [4.78, 5) is 12.1. The molecule has 1 aromatic carbocycles. The number of anilines is 2. The first-order valence-corrected chi connectivity index (χ1v) is 6.89. The number of benzene rings is 1. The van der Waals surface area contributed by atoms with Crippen molar-refractivity contribution in [3.8, 4) is 5.75 Å². The number of hydrogen-bond acceptors (Lipinski definition) is 4. The van der Waals surface area contributed by atoms with Crippen LogP contribution < -0.4 is 15.4 Å². The van der Waals surface area contributed by atoms with E-state index in [0.717, 1.165) is 10.6 Å². The summed E-state index contributed by atoms with van der Waals surface area (Å²) < 4.78 is 18.2. The summed E-state index contributed by atoms with van der Waals surface area (Å²) in [6, 6.07) is 6.17. The summed E-state index contributed by atoms with van der Waals surface area (Å²) >= 11 is 1.54. The Hall–Kier alpha value is -2.08. The van der Waals surface area contributed by atoms with Crippen LogP contribution in [-0.2, 0) is 11.3 Å². The number of methoxy groups -OCH3 is 1. The molecule has 2 aromatic rings. The molecule has 1 heterocycles. The van der Waals surface area contributed by atoms with E-state index in [1.54, 1.807) is 6.07 Å². The van der Waals surface area contributed by atoms with E-state index >= 15 is 0 Å². The highest BCUT2D eigenvalue weighted by molar-refractivity contribution is 7.10. The van der Waals surface area contributed by atoms with Gasteiger partial charge in [0.2, 0.25) is 5.91 Å². The molecule has 0 saturated heterocycles. The molecule has 1 amide bonds. The lowest BCUT2D eigenvalue weighted by atomic mass is 10.2. The van der Waals surface area contributed by atoms with Crippen molar-refractivity contribution in [1.29, 1.82) is 0 Å². The summed E-state index contributed by atoms with van der Waals surface area (Å²) in [6.45, 7) is 1.99.